The minimum absolute atomic E-state index is 0.0803. The fourth-order valence-corrected chi connectivity index (χ4v) is 4.73. The van der Waals surface area contributed by atoms with Crippen LogP contribution >= 0.6 is 23.4 Å². The van der Waals surface area contributed by atoms with Gasteiger partial charge in [0.1, 0.15) is 5.56 Å². The van der Waals surface area contributed by atoms with Crippen LogP contribution in [-0.4, -0.2) is 64.4 Å². The van der Waals surface area contributed by atoms with Gasteiger partial charge in [-0.25, -0.2) is 0 Å². The van der Waals surface area contributed by atoms with E-state index in [1.807, 2.05) is 16.7 Å². The summed E-state index contributed by atoms with van der Waals surface area (Å²) in [6.45, 7) is 3.61. The summed E-state index contributed by atoms with van der Waals surface area (Å²) in [7, 11) is 0. The molecule has 2 aliphatic rings. The Hall–Kier alpha value is -1.31. The Bertz CT molecular complexity index is 652. The number of nitro groups is 1. The molecule has 0 spiro atoms. The SMILES string of the molecule is O=C(c1cc(Cl)ccc1[N+](=O)[O-])N1CCCSCC1CN1CCCC1. The van der Waals surface area contributed by atoms with Crippen LogP contribution in [0.25, 0.3) is 0 Å². The van der Waals surface area contributed by atoms with Crippen LogP contribution in [0.1, 0.15) is 29.6 Å². The molecule has 1 unspecified atom stereocenters. The number of hydrogen-bond donors (Lipinski definition) is 0. The van der Waals surface area contributed by atoms with Gasteiger partial charge >= 0.3 is 0 Å². The highest BCUT2D eigenvalue weighted by molar-refractivity contribution is 7.99. The van der Waals surface area contributed by atoms with Crippen LogP contribution in [0.5, 0.6) is 0 Å². The zero-order chi connectivity index (χ0) is 17.8. The first-order valence-electron chi connectivity index (χ1n) is 8.61. The zero-order valence-corrected chi connectivity index (χ0v) is 15.6. The standard InChI is InChI=1S/C17H22ClN3O3S/c18-13-4-5-16(21(23)24)15(10-13)17(22)20-8-3-9-25-12-14(20)11-19-6-1-2-7-19/h4-5,10,14H,1-3,6-9,11-12H2. The molecule has 2 saturated heterocycles. The minimum atomic E-state index is -0.508. The van der Waals surface area contributed by atoms with Crippen LogP contribution in [0.15, 0.2) is 18.2 Å². The number of likely N-dealkylation sites (tertiary alicyclic amines) is 1. The largest absolute Gasteiger partial charge is 0.333 e. The van der Waals surface area contributed by atoms with Crippen molar-refractivity contribution in [1.29, 1.82) is 0 Å². The highest BCUT2D eigenvalue weighted by Gasteiger charge is 2.32. The number of carbonyl (C=O) groups excluding carboxylic acids is 1. The molecule has 2 heterocycles. The van der Waals surface area contributed by atoms with E-state index in [0.717, 1.165) is 37.6 Å². The average molecular weight is 384 g/mol. The highest BCUT2D eigenvalue weighted by atomic mass is 35.5. The van der Waals surface area contributed by atoms with Crippen molar-refractivity contribution in [3.8, 4) is 0 Å². The first-order valence-corrected chi connectivity index (χ1v) is 10.1. The van der Waals surface area contributed by atoms with Gasteiger partial charge in [-0.1, -0.05) is 11.6 Å². The molecule has 1 aromatic rings. The molecule has 0 aliphatic carbocycles. The van der Waals surface area contributed by atoms with E-state index in [1.165, 1.54) is 31.0 Å². The van der Waals surface area contributed by atoms with E-state index < -0.39 is 4.92 Å². The van der Waals surface area contributed by atoms with Gasteiger partial charge in [0.05, 0.1) is 11.0 Å². The summed E-state index contributed by atoms with van der Waals surface area (Å²) in [6.07, 6.45) is 3.31. The van der Waals surface area contributed by atoms with Crippen LogP contribution in [-0.2, 0) is 0 Å². The molecule has 1 atom stereocenters. The van der Waals surface area contributed by atoms with E-state index in [-0.39, 0.29) is 23.2 Å². The number of carbonyl (C=O) groups is 1. The number of amides is 1. The third-order valence-corrected chi connectivity index (χ3v) is 6.19. The summed E-state index contributed by atoms with van der Waals surface area (Å²) < 4.78 is 0. The maximum absolute atomic E-state index is 13.1. The first kappa shape index (κ1) is 18.5. The molecule has 2 fully saturated rings. The van der Waals surface area contributed by atoms with Gasteiger partial charge in [0.2, 0.25) is 0 Å². The molecule has 1 amide bonds. The van der Waals surface area contributed by atoms with Crippen molar-refractivity contribution in [3.63, 3.8) is 0 Å². The second-order valence-electron chi connectivity index (χ2n) is 6.51. The molecule has 136 valence electrons. The van der Waals surface area contributed by atoms with E-state index in [0.29, 0.717) is 11.6 Å². The first-order chi connectivity index (χ1) is 12.1. The monoisotopic (exact) mass is 383 g/mol. The van der Waals surface area contributed by atoms with Crippen molar-refractivity contribution in [2.24, 2.45) is 0 Å². The van der Waals surface area contributed by atoms with Crippen molar-refractivity contribution in [2.45, 2.75) is 25.3 Å². The van der Waals surface area contributed by atoms with Gasteiger partial charge in [0, 0.05) is 29.9 Å². The fraction of sp³-hybridized carbons (Fsp3) is 0.588. The second kappa shape index (κ2) is 8.38. The summed E-state index contributed by atoms with van der Waals surface area (Å²) in [4.78, 5) is 28.2. The zero-order valence-electron chi connectivity index (χ0n) is 14.0. The fourth-order valence-electron chi connectivity index (χ4n) is 3.50. The average Bonchev–Trinajstić information content (AvgIpc) is 2.98. The third kappa shape index (κ3) is 4.46. The van der Waals surface area contributed by atoms with E-state index >= 15 is 0 Å². The molecule has 25 heavy (non-hydrogen) atoms. The number of nitrogens with zero attached hydrogens (tertiary/aromatic N) is 3. The summed E-state index contributed by atoms with van der Waals surface area (Å²) in [5.74, 6) is 1.61. The summed E-state index contributed by atoms with van der Waals surface area (Å²) in [5, 5.41) is 11.7. The Balaban J connectivity index is 1.86. The van der Waals surface area contributed by atoms with Gasteiger partial charge in [0.25, 0.3) is 11.6 Å². The summed E-state index contributed by atoms with van der Waals surface area (Å²) in [5.41, 5.74) is -0.0814. The molecule has 0 bridgehead atoms. The Morgan fingerprint density at radius 2 is 2.04 bits per heavy atom. The number of benzene rings is 1. The van der Waals surface area contributed by atoms with Gasteiger partial charge < -0.3 is 9.80 Å². The Labute approximate surface area is 156 Å². The lowest BCUT2D eigenvalue weighted by atomic mass is 10.1. The lowest BCUT2D eigenvalue weighted by Crippen LogP contribution is -2.47. The van der Waals surface area contributed by atoms with Gasteiger partial charge in [-0.05, 0) is 50.2 Å². The van der Waals surface area contributed by atoms with Crippen molar-refractivity contribution in [1.82, 2.24) is 9.80 Å². The van der Waals surface area contributed by atoms with Crippen LogP contribution in [0.4, 0.5) is 5.69 Å². The molecular weight excluding hydrogens is 362 g/mol. The van der Waals surface area contributed by atoms with Crippen LogP contribution in [0.3, 0.4) is 0 Å². The predicted molar refractivity (Wildman–Crippen MR) is 101 cm³/mol. The Morgan fingerprint density at radius 3 is 2.76 bits per heavy atom. The second-order valence-corrected chi connectivity index (χ2v) is 8.09. The Morgan fingerprint density at radius 1 is 1.28 bits per heavy atom. The number of thioether (sulfide) groups is 1. The summed E-state index contributed by atoms with van der Waals surface area (Å²) in [6, 6.07) is 4.28. The van der Waals surface area contributed by atoms with E-state index in [2.05, 4.69) is 4.90 Å². The van der Waals surface area contributed by atoms with E-state index in [9.17, 15) is 14.9 Å². The van der Waals surface area contributed by atoms with Crippen molar-refractivity contribution in [3.05, 3.63) is 38.9 Å². The molecule has 8 heteroatoms. The Kier molecular flexibility index (Phi) is 6.19. The maximum atomic E-state index is 13.1. The number of rotatable bonds is 4. The molecule has 1 aromatic carbocycles. The molecule has 0 radical (unpaired) electrons. The van der Waals surface area contributed by atoms with Crippen LogP contribution in [0.2, 0.25) is 5.02 Å². The van der Waals surface area contributed by atoms with E-state index in [4.69, 9.17) is 11.6 Å². The van der Waals surface area contributed by atoms with Gasteiger partial charge in [-0.15, -0.1) is 0 Å². The van der Waals surface area contributed by atoms with Gasteiger partial charge in [-0.3, -0.25) is 14.9 Å². The number of nitro benzene ring substituents is 1. The molecule has 6 nitrogen and oxygen atoms in total. The minimum Gasteiger partial charge on any atom is -0.333 e. The highest BCUT2D eigenvalue weighted by Crippen LogP contribution is 2.27. The maximum Gasteiger partial charge on any atom is 0.282 e. The molecule has 0 N–H and O–H groups in total. The molecule has 0 saturated carbocycles. The van der Waals surface area contributed by atoms with Crippen molar-refractivity contribution >= 4 is 35.0 Å². The third-order valence-electron chi connectivity index (χ3n) is 4.75. The molecule has 0 aromatic heterocycles. The quantitative estimate of drug-likeness (QED) is 0.589. The van der Waals surface area contributed by atoms with Crippen LogP contribution < -0.4 is 0 Å². The van der Waals surface area contributed by atoms with Crippen LogP contribution in [0, 0.1) is 10.1 Å². The smallest absolute Gasteiger partial charge is 0.282 e. The summed E-state index contributed by atoms with van der Waals surface area (Å²) >= 11 is 7.86. The topological polar surface area (TPSA) is 66.7 Å². The lowest BCUT2D eigenvalue weighted by Gasteiger charge is -2.32. The number of hydrogen-bond acceptors (Lipinski definition) is 5. The lowest BCUT2D eigenvalue weighted by molar-refractivity contribution is -0.385. The normalized spacial score (nSPS) is 22.0. The predicted octanol–water partition coefficient (Wildman–Crippen LogP) is 3.29. The van der Waals surface area contributed by atoms with Crippen molar-refractivity contribution < 1.29 is 9.72 Å². The van der Waals surface area contributed by atoms with E-state index in [1.54, 1.807) is 0 Å². The van der Waals surface area contributed by atoms with Gasteiger partial charge in [0.15, 0.2) is 0 Å². The molecular formula is C17H22ClN3O3S. The molecule has 3 rings (SSSR count). The molecule has 2 aliphatic heterocycles. The van der Waals surface area contributed by atoms with Crippen molar-refractivity contribution in [2.75, 3.05) is 37.7 Å². The number of halogens is 1. The van der Waals surface area contributed by atoms with Gasteiger partial charge in [-0.2, -0.15) is 11.8 Å².